The number of benzene rings is 2. The van der Waals surface area contributed by atoms with Gasteiger partial charge in [-0.15, -0.1) is 0 Å². The van der Waals surface area contributed by atoms with Crippen LogP contribution in [0.25, 0.3) is 0 Å². The first kappa shape index (κ1) is 24.9. The summed E-state index contributed by atoms with van der Waals surface area (Å²) in [5.74, 6) is 1.58. The van der Waals surface area contributed by atoms with E-state index >= 15 is 0 Å². The third-order valence-electron chi connectivity index (χ3n) is 6.05. The molecule has 2 aromatic carbocycles. The van der Waals surface area contributed by atoms with Crippen LogP contribution in [0.15, 0.2) is 41.3 Å². The minimum absolute atomic E-state index is 0.0783. The van der Waals surface area contributed by atoms with Crippen molar-refractivity contribution >= 4 is 15.9 Å². The zero-order chi connectivity index (χ0) is 24.2. The highest BCUT2D eigenvalue weighted by Crippen LogP contribution is 2.31. The summed E-state index contributed by atoms with van der Waals surface area (Å²) in [7, 11) is 0.858. The maximum atomic E-state index is 13.2. The van der Waals surface area contributed by atoms with Crippen molar-refractivity contribution in [3.8, 4) is 17.2 Å². The van der Waals surface area contributed by atoms with Crippen molar-refractivity contribution in [1.82, 2.24) is 9.62 Å². The standard InChI is InChI=1S/C24H32N2O6S/c1-16-10-12-26(13-11-16)33(28,29)19-7-9-23(32-5)21(15-19)24(27)25-17(2)20-14-18(30-3)6-8-22(20)31-4/h6-9,14-17H,10-13H2,1-5H3,(H,25,27). The van der Waals surface area contributed by atoms with Crippen LogP contribution in [0, 0.1) is 5.92 Å². The highest BCUT2D eigenvalue weighted by Gasteiger charge is 2.29. The molecule has 1 aliphatic rings. The fourth-order valence-corrected chi connectivity index (χ4v) is 5.43. The van der Waals surface area contributed by atoms with Crippen molar-refractivity contribution < 1.29 is 27.4 Å². The van der Waals surface area contributed by atoms with Gasteiger partial charge >= 0.3 is 0 Å². The van der Waals surface area contributed by atoms with Gasteiger partial charge in [-0.05, 0) is 62.1 Å². The largest absolute Gasteiger partial charge is 0.497 e. The number of ether oxygens (including phenoxy) is 3. The molecule has 0 bridgehead atoms. The first-order valence-corrected chi connectivity index (χ1v) is 12.4. The first-order chi connectivity index (χ1) is 15.7. The van der Waals surface area contributed by atoms with Crippen molar-refractivity contribution in [3.05, 3.63) is 47.5 Å². The number of sulfonamides is 1. The normalized spacial score (nSPS) is 16.2. The Morgan fingerprint density at radius 3 is 2.24 bits per heavy atom. The van der Waals surface area contributed by atoms with E-state index in [9.17, 15) is 13.2 Å². The number of piperidine rings is 1. The van der Waals surface area contributed by atoms with Crippen molar-refractivity contribution in [2.75, 3.05) is 34.4 Å². The quantitative estimate of drug-likeness (QED) is 0.625. The number of hydrogen-bond acceptors (Lipinski definition) is 6. The van der Waals surface area contributed by atoms with Crippen molar-refractivity contribution in [3.63, 3.8) is 0 Å². The Balaban J connectivity index is 1.89. The molecule has 1 heterocycles. The average molecular weight is 477 g/mol. The summed E-state index contributed by atoms with van der Waals surface area (Å²) >= 11 is 0. The molecule has 8 nitrogen and oxygen atoms in total. The van der Waals surface area contributed by atoms with Gasteiger partial charge in [-0.3, -0.25) is 4.79 Å². The molecular weight excluding hydrogens is 444 g/mol. The topological polar surface area (TPSA) is 94.2 Å². The van der Waals surface area contributed by atoms with Crippen molar-refractivity contribution in [2.45, 2.75) is 37.6 Å². The van der Waals surface area contributed by atoms with E-state index in [1.54, 1.807) is 32.4 Å². The highest BCUT2D eigenvalue weighted by molar-refractivity contribution is 7.89. The number of rotatable bonds is 8. The molecule has 1 N–H and O–H groups in total. The molecule has 0 aliphatic carbocycles. The highest BCUT2D eigenvalue weighted by atomic mass is 32.2. The lowest BCUT2D eigenvalue weighted by atomic mass is 10.0. The van der Waals surface area contributed by atoms with Crippen LogP contribution in [0.5, 0.6) is 17.2 Å². The van der Waals surface area contributed by atoms with Crippen LogP contribution in [-0.4, -0.2) is 53.0 Å². The molecular formula is C24H32N2O6S. The van der Waals surface area contributed by atoms with Crippen LogP contribution in [0.3, 0.4) is 0 Å². The minimum atomic E-state index is -3.71. The molecule has 1 saturated heterocycles. The monoisotopic (exact) mass is 476 g/mol. The van der Waals surface area contributed by atoms with Crippen LogP contribution >= 0.6 is 0 Å². The fraction of sp³-hybridized carbons (Fsp3) is 0.458. The molecule has 3 rings (SSSR count). The van der Waals surface area contributed by atoms with E-state index in [4.69, 9.17) is 14.2 Å². The van der Waals surface area contributed by atoms with Gasteiger partial charge in [0.1, 0.15) is 17.2 Å². The summed E-state index contributed by atoms with van der Waals surface area (Å²) in [5, 5.41) is 2.91. The Hall–Kier alpha value is -2.78. The van der Waals surface area contributed by atoms with Crippen LogP contribution in [0.4, 0.5) is 0 Å². The molecule has 0 aromatic heterocycles. The smallest absolute Gasteiger partial charge is 0.255 e. The number of carbonyl (C=O) groups excluding carboxylic acids is 1. The van der Waals surface area contributed by atoms with Gasteiger partial charge in [-0.1, -0.05) is 6.92 Å². The fourth-order valence-electron chi connectivity index (χ4n) is 3.93. The van der Waals surface area contributed by atoms with Gasteiger partial charge in [0.2, 0.25) is 10.0 Å². The lowest BCUT2D eigenvalue weighted by molar-refractivity contribution is 0.0936. The first-order valence-electron chi connectivity index (χ1n) is 10.9. The van der Waals surface area contributed by atoms with E-state index in [0.29, 0.717) is 36.3 Å². The zero-order valence-corrected chi connectivity index (χ0v) is 20.6. The molecule has 0 spiro atoms. The molecule has 1 atom stereocenters. The van der Waals surface area contributed by atoms with Gasteiger partial charge in [0.05, 0.1) is 37.8 Å². The number of carbonyl (C=O) groups is 1. The Bertz CT molecular complexity index is 1090. The Labute approximate surface area is 195 Å². The average Bonchev–Trinajstić information content (AvgIpc) is 2.83. The summed E-state index contributed by atoms with van der Waals surface area (Å²) in [6.07, 6.45) is 1.64. The second-order valence-electron chi connectivity index (χ2n) is 8.25. The Morgan fingerprint density at radius 2 is 1.64 bits per heavy atom. The van der Waals surface area contributed by atoms with Gasteiger partial charge in [-0.25, -0.2) is 8.42 Å². The summed E-state index contributed by atoms with van der Waals surface area (Å²) in [6, 6.07) is 9.29. The summed E-state index contributed by atoms with van der Waals surface area (Å²) in [4.78, 5) is 13.3. The van der Waals surface area contributed by atoms with Gasteiger partial charge in [-0.2, -0.15) is 4.31 Å². The predicted molar refractivity (Wildman–Crippen MR) is 126 cm³/mol. The van der Waals surface area contributed by atoms with Crippen LogP contribution < -0.4 is 19.5 Å². The van der Waals surface area contributed by atoms with Gasteiger partial charge in [0.25, 0.3) is 5.91 Å². The van der Waals surface area contributed by atoms with Gasteiger partial charge < -0.3 is 19.5 Å². The second kappa shape index (κ2) is 10.4. The maximum Gasteiger partial charge on any atom is 0.255 e. The summed E-state index contributed by atoms with van der Waals surface area (Å²) in [6.45, 7) is 4.89. The predicted octanol–water partition coefficient (Wildman–Crippen LogP) is 3.62. The molecule has 0 radical (unpaired) electrons. The van der Waals surface area contributed by atoms with Crippen LogP contribution in [0.1, 0.15) is 48.7 Å². The van der Waals surface area contributed by atoms with E-state index in [2.05, 4.69) is 12.2 Å². The lowest BCUT2D eigenvalue weighted by Gasteiger charge is -2.29. The van der Waals surface area contributed by atoms with Crippen LogP contribution in [-0.2, 0) is 10.0 Å². The number of hydrogen-bond donors (Lipinski definition) is 1. The van der Waals surface area contributed by atoms with E-state index in [0.717, 1.165) is 18.4 Å². The van der Waals surface area contributed by atoms with Crippen molar-refractivity contribution in [2.24, 2.45) is 5.92 Å². The number of nitrogens with one attached hydrogen (secondary N) is 1. The molecule has 33 heavy (non-hydrogen) atoms. The van der Waals surface area contributed by atoms with E-state index < -0.39 is 22.0 Å². The third-order valence-corrected chi connectivity index (χ3v) is 7.94. The third kappa shape index (κ3) is 5.42. The molecule has 1 aliphatic heterocycles. The maximum absolute atomic E-state index is 13.2. The molecule has 9 heteroatoms. The molecule has 180 valence electrons. The number of nitrogens with zero attached hydrogens (tertiary/aromatic N) is 1. The molecule has 0 saturated carbocycles. The second-order valence-corrected chi connectivity index (χ2v) is 10.2. The van der Waals surface area contributed by atoms with Gasteiger partial charge in [0.15, 0.2) is 0 Å². The Morgan fingerprint density at radius 1 is 1.00 bits per heavy atom. The van der Waals surface area contributed by atoms with E-state index in [-0.39, 0.29) is 10.5 Å². The molecule has 2 aromatic rings. The molecule has 1 amide bonds. The molecule has 1 fully saturated rings. The van der Waals surface area contributed by atoms with Crippen molar-refractivity contribution in [1.29, 1.82) is 0 Å². The van der Waals surface area contributed by atoms with E-state index in [1.165, 1.54) is 29.6 Å². The van der Waals surface area contributed by atoms with Gasteiger partial charge in [0, 0.05) is 18.7 Å². The molecule has 1 unspecified atom stereocenters. The summed E-state index contributed by atoms with van der Waals surface area (Å²) in [5.41, 5.74) is 0.882. The zero-order valence-electron chi connectivity index (χ0n) is 19.8. The minimum Gasteiger partial charge on any atom is -0.497 e. The lowest BCUT2D eigenvalue weighted by Crippen LogP contribution is -2.38. The SMILES string of the molecule is COc1ccc(OC)c(C(C)NC(=O)c2cc(S(=O)(=O)N3CCC(C)CC3)ccc2OC)c1. The number of methoxy groups -OCH3 is 3. The Kier molecular flexibility index (Phi) is 7.86. The van der Waals surface area contributed by atoms with E-state index in [1.807, 2.05) is 6.92 Å². The number of amides is 1. The summed E-state index contributed by atoms with van der Waals surface area (Å²) < 4.78 is 43.9. The van der Waals surface area contributed by atoms with Crippen LogP contribution in [0.2, 0.25) is 0 Å².